The Balaban J connectivity index is 1.67. The Morgan fingerprint density at radius 2 is 1.67 bits per heavy atom. The Morgan fingerprint density at radius 3 is 2.42 bits per heavy atom. The fourth-order valence-corrected chi connectivity index (χ4v) is 4.49. The molecule has 4 aromatic rings. The number of ether oxygens (including phenoxy) is 2. The molecule has 6 nitrogen and oxygen atoms in total. The van der Waals surface area contributed by atoms with E-state index >= 15 is 0 Å². The smallest absolute Gasteiger partial charge is 0.338 e. The summed E-state index contributed by atoms with van der Waals surface area (Å²) in [5.41, 5.74) is 4.83. The largest absolute Gasteiger partial charge is 0.465 e. The van der Waals surface area contributed by atoms with Gasteiger partial charge in [-0.2, -0.15) is 0 Å². The number of fused-ring (bicyclic) bond motifs is 1. The van der Waals surface area contributed by atoms with Gasteiger partial charge in [0, 0.05) is 5.75 Å². The summed E-state index contributed by atoms with van der Waals surface area (Å²) in [6.07, 6.45) is 0. The molecule has 0 aliphatic heterocycles. The molecule has 3 aromatic carbocycles. The summed E-state index contributed by atoms with van der Waals surface area (Å²) < 4.78 is 12.1. The van der Waals surface area contributed by atoms with Crippen molar-refractivity contribution in [3.05, 3.63) is 95.1 Å². The van der Waals surface area contributed by atoms with Crippen molar-refractivity contribution in [3.63, 3.8) is 0 Å². The van der Waals surface area contributed by atoms with Crippen LogP contribution in [0.5, 0.6) is 0 Å². The van der Waals surface area contributed by atoms with Crippen LogP contribution in [-0.4, -0.2) is 35.2 Å². The maximum Gasteiger partial charge on any atom is 0.338 e. The number of benzene rings is 3. The van der Waals surface area contributed by atoms with Crippen molar-refractivity contribution in [1.29, 1.82) is 0 Å². The van der Waals surface area contributed by atoms with E-state index in [4.69, 9.17) is 14.5 Å². The number of carbonyl (C=O) groups is 2. The lowest BCUT2D eigenvalue weighted by Gasteiger charge is -2.10. The van der Waals surface area contributed by atoms with Crippen LogP contribution >= 0.6 is 11.8 Å². The zero-order valence-electron chi connectivity index (χ0n) is 18.5. The van der Waals surface area contributed by atoms with E-state index in [0.29, 0.717) is 30.0 Å². The highest BCUT2D eigenvalue weighted by molar-refractivity contribution is 7.98. The molecule has 0 spiro atoms. The number of carbonyl (C=O) groups excluding carboxylic acids is 2. The zero-order chi connectivity index (χ0) is 23.2. The maximum atomic E-state index is 12.2. The fraction of sp³-hybridized carbons (Fsp3) is 0.192. The van der Waals surface area contributed by atoms with Gasteiger partial charge in [-0.25, -0.2) is 14.6 Å². The minimum atomic E-state index is -0.357. The monoisotopic (exact) mass is 460 g/mol. The van der Waals surface area contributed by atoms with E-state index < -0.39 is 0 Å². The van der Waals surface area contributed by atoms with Crippen LogP contribution in [0.4, 0.5) is 0 Å². The molecule has 0 unspecified atom stereocenters. The molecule has 1 aromatic heterocycles. The van der Waals surface area contributed by atoms with Gasteiger partial charge in [-0.1, -0.05) is 54.2 Å². The summed E-state index contributed by atoms with van der Waals surface area (Å²) in [7, 11) is 1.38. The summed E-state index contributed by atoms with van der Waals surface area (Å²) in [5, 5.41) is 0.832. The Morgan fingerprint density at radius 1 is 0.909 bits per heavy atom. The average molecular weight is 461 g/mol. The first-order chi connectivity index (χ1) is 16.1. The van der Waals surface area contributed by atoms with Crippen LogP contribution in [0.2, 0.25) is 0 Å². The van der Waals surface area contributed by atoms with Crippen molar-refractivity contribution in [2.75, 3.05) is 13.7 Å². The third kappa shape index (κ3) is 5.26. The molecule has 0 bridgehead atoms. The molecule has 0 atom stereocenters. The van der Waals surface area contributed by atoms with Crippen molar-refractivity contribution in [2.45, 2.75) is 24.4 Å². The predicted molar refractivity (Wildman–Crippen MR) is 129 cm³/mol. The van der Waals surface area contributed by atoms with Gasteiger partial charge in [0.2, 0.25) is 0 Å². The third-order valence-electron chi connectivity index (χ3n) is 5.12. The summed E-state index contributed by atoms with van der Waals surface area (Å²) in [5.74, 6) is -0.0799. The van der Waals surface area contributed by atoms with E-state index in [-0.39, 0.29) is 11.9 Å². The number of thioether (sulfide) groups is 1. The molecule has 4 rings (SSSR count). The summed E-state index contributed by atoms with van der Waals surface area (Å²) in [6, 6.07) is 23.0. The second-order valence-corrected chi connectivity index (χ2v) is 8.31. The quantitative estimate of drug-likeness (QED) is 0.261. The van der Waals surface area contributed by atoms with Gasteiger partial charge in [0.15, 0.2) is 5.16 Å². The molecule has 168 valence electrons. The van der Waals surface area contributed by atoms with Crippen LogP contribution in [-0.2, 0) is 21.8 Å². The first-order valence-electron chi connectivity index (χ1n) is 10.6. The second-order valence-electron chi connectivity index (χ2n) is 7.37. The highest BCUT2D eigenvalue weighted by Gasteiger charge is 2.16. The van der Waals surface area contributed by atoms with E-state index in [9.17, 15) is 9.59 Å². The fourth-order valence-electron chi connectivity index (χ4n) is 3.53. The SMILES string of the molecule is CCOC(=O)c1ccc2c(c1)nc(SCc1cccc(C(=O)OC)c1)n2Cc1ccccc1. The molecule has 0 amide bonds. The molecule has 0 aliphatic carbocycles. The van der Waals surface area contributed by atoms with Gasteiger partial charge >= 0.3 is 11.9 Å². The number of imidazole rings is 1. The van der Waals surface area contributed by atoms with E-state index in [2.05, 4.69) is 16.7 Å². The summed E-state index contributed by atoms with van der Waals surface area (Å²) >= 11 is 1.58. The minimum Gasteiger partial charge on any atom is -0.465 e. The molecule has 33 heavy (non-hydrogen) atoms. The van der Waals surface area contributed by atoms with E-state index in [1.807, 2.05) is 42.5 Å². The number of esters is 2. The average Bonchev–Trinajstić information content (AvgIpc) is 3.19. The number of rotatable bonds is 8. The lowest BCUT2D eigenvalue weighted by atomic mass is 10.1. The van der Waals surface area contributed by atoms with E-state index in [1.54, 1.807) is 36.9 Å². The van der Waals surface area contributed by atoms with Gasteiger partial charge in [-0.15, -0.1) is 0 Å². The van der Waals surface area contributed by atoms with Gasteiger partial charge < -0.3 is 14.0 Å². The molecule has 0 saturated carbocycles. The lowest BCUT2D eigenvalue weighted by Crippen LogP contribution is -2.05. The Labute approximate surface area is 196 Å². The molecular formula is C26H24N2O4S. The van der Waals surface area contributed by atoms with Crippen LogP contribution in [0.1, 0.15) is 38.8 Å². The van der Waals surface area contributed by atoms with E-state index in [1.165, 1.54) is 7.11 Å². The summed E-state index contributed by atoms with van der Waals surface area (Å²) in [6.45, 7) is 2.76. The van der Waals surface area contributed by atoms with Gasteiger partial charge in [0.25, 0.3) is 0 Å². The normalized spacial score (nSPS) is 10.8. The third-order valence-corrected chi connectivity index (χ3v) is 6.17. The van der Waals surface area contributed by atoms with Crippen molar-refractivity contribution in [2.24, 2.45) is 0 Å². The Hall–Kier alpha value is -3.58. The molecule has 0 radical (unpaired) electrons. The van der Waals surface area contributed by atoms with Crippen LogP contribution in [0, 0.1) is 0 Å². The van der Waals surface area contributed by atoms with Gasteiger partial charge in [-0.05, 0) is 48.4 Å². The van der Waals surface area contributed by atoms with E-state index in [0.717, 1.165) is 27.3 Å². The molecular weight excluding hydrogens is 436 g/mol. The molecule has 0 aliphatic rings. The summed E-state index contributed by atoms with van der Waals surface area (Å²) in [4.78, 5) is 28.9. The number of hydrogen-bond donors (Lipinski definition) is 0. The first-order valence-corrected chi connectivity index (χ1v) is 11.6. The number of hydrogen-bond acceptors (Lipinski definition) is 6. The van der Waals surface area contributed by atoms with Crippen molar-refractivity contribution >= 4 is 34.7 Å². The van der Waals surface area contributed by atoms with Gasteiger partial charge in [-0.3, -0.25) is 0 Å². The van der Waals surface area contributed by atoms with Crippen LogP contribution in [0.3, 0.4) is 0 Å². The maximum absolute atomic E-state index is 12.2. The number of nitrogens with zero attached hydrogens (tertiary/aromatic N) is 2. The van der Waals surface area contributed by atoms with Crippen molar-refractivity contribution in [1.82, 2.24) is 9.55 Å². The van der Waals surface area contributed by atoms with Crippen LogP contribution in [0.25, 0.3) is 11.0 Å². The molecule has 1 heterocycles. The lowest BCUT2D eigenvalue weighted by molar-refractivity contribution is 0.0525. The minimum absolute atomic E-state index is 0.324. The van der Waals surface area contributed by atoms with Crippen LogP contribution < -0.4 is 0 Å². The highest BCUT2D eigenvalue weighted by Crippen LogP contribution is 2.29. The van der Waals surface area contributed by atoms with Crippen LogP contribution in [0.15, 0.2) is 78.0 Å². The molecule has 0 saturated heterocycles. The standard InChI is InChI=1S/C26H24N2O4S/c1-3-32-25(30)21-12-13-23-22(15-21)27-26(28(23)16-18-8-5-4-6-9-18)33-17-19-10-7-11-20(14-19)24(29)31-2/h4-15H,3,16-17H2,1-2H3. The Bertz CT molecular complexity index is 1280. The topological polar surface area (TPSA) is 70.4 Å². The molecule has 0 fully saturated rings. The van der Waals surface area contributed by atoms with Gasteiger partial charge in [0.05, 0.1) is 42.4 Å². The predicted octanol–water partition coefficient (Wildman–Crippen LogP) is 5.34. The second kappa shape index (κ2) is 10.4. The Kier molecular flexibility index (Phi) is 7.10. The first kappa shape index (κ1) is 22.6. The van der Waals surface area contributed by atoms with Gasteiger partial charge in [0.1, 0.15) is 0 Å². The number of methoxy groups -OCH3 is 1. The van der Waals surface area contributed by atoms with Crippen molar-refractivity contribution in [3.8, 4) is 0 Å². The molecule has 0 N–H and O–H groups in total. The zero-order valence-corrected chi connectivity index (χ0v) is 19.3. The number of aromatic nitrogens is 2. The van der Waals surface area contributed by atoms with Crippen molar-refractivity contribution < 1.29 is 19.1 Å². The molecule has 7 heteroatoms. The highest BCUT2D eigenvalue weighted by atomic mass is 32.2.